The summed E-state index contributed by atoms with van der Waals surface area (Å²) in [6.07, 6.45) is 9.45. The molecule has 2 aromatic carbocycles. The zero-order chi connectivity index (χ0) is 33.1. The van der Waals surface area contributed by atoms with Gasteiger partial charge in [-0.15, -0.1) is 0 Å². The predicted octanol–water partition coefficient (Wildman–Crippen LogP) is 6.58. The van der Waals surface area contributed by atoms with Gasteiger partial charge in [-0.1, -0.05) is 63.1 Å². The van der Waals surface area contributed by atoms with E-state index in [-0.39, 0.29) is 11.8 Å². The third kappa shape index (κ3) is 8.68. The molecule has 248 valence electrons. The summed E-state index contributed by atoms with van der Waals surface area (Å²) in [5.41, 5.74) is 3.44. The molecule has 4 rings (SSSR count). The summed E-state index contributed by atoms with van der Waals surface area (Å²) >= 11 is 0. The van der Waals surface area contributed by atoms with Crippen molar-refractivity contribution in [3.63, 3.8) is 0 Å². The number of rotatable bonds is 12. The molecule has 0 radical (unpaired) electrons. The zero-order valence-corrected chi connectivity index (χ0v) is 27.7. The molecular weight excluding hydrogens is 584 g/mol. The number of unbranched alkanes of at least 4 members (excludes halogenated alkanes) is 2. The quantitative estimate of drug-likeness (QED) is 0.194. The van der Waals surface area contributed by atoms with Crippen molar-refractivity contribution in [2.75, 3.05) is 50.2 Å². The highest BCUT2D eigenvalue weighted by Crippen LogP contribution is 2.25. The van der Waals surface area contributed by atoms with E-state index in [9.17, 15) is 19.2 Å². The first-order chi connectivity index (χ1) is 22.2. The minimum atomic E-state index is -0.514. The molecule has 2 fully saturated rings. The number of anilines is 2. The fraction of sp³-hybridized carbons (Fsp3) is 0.500. The lowest BCUT2D eigenvalue weighted by Crippen LogP contribution is -2.47. The number of ether oxygens (including phenoxy) is 2. The summed E-state index contributed by atoms with van der Waals surface area (Å²) in [6, 6.07) is 14.3. The Morgan fingerprint density at radius 1 is 0.674 bits per heavy atom. The molecule has 2 heterocycles. The fourth-order valence-electron chi connectivity index (χ4n) is 5.77. The number of hydrogen-bond donors (Lipinski definition) is 0. The molecule has 2 aromatic rings. The summed E-state index contributed by atoms with van der Waals surface area (Å²) in [4.78, 5) is 57.9. The molecular formula is C36H48N4O6. The second-order valence-electron chi connectivity index (χ2n) is 11.9. The van der Waals surface area contributed by atoms with Gasteiger partial charge in [0.05, 0.1) is 13.2 Å². The number of carbonyl (C=O) groups is 4. The van der Waals surface area contributed by atoms with E-state index in [4.69, 9.17) is 9.47 Å². The molecule has 0 N–H and O–H groups in total. The van der Waals surface area contributed by atoms with E-state index in [1.165, 1.54) is 0 Å². The molecule has 2 aliphatic rings. The number of nitrogens with zero attached hydrogens (tertiary/aromatic N) is 4. The molecule has 0 saturated carbocycles. The van der Waals surface area contributed by atoms with Crippen molar-refractivity contribution in [2.24, 2.45) is 0 Å². The van der Waals surface area contributed by atoms with Crippen molar-refractivity contribution in [3.05, 3.63) is 59.7 Å². The van der Waals surface area contributed by atoms with Crippen molar-refractivity contribution in [3.8, 4) is 0 Å². The van der Waals surface area contributed by atoms with Gasteiger partial charge in [0.15, 0.2) is 0 Å². The average Bonchev–Trinajstić information content (AvgIpc) is 3.78. The Morgan fingerprint density at radius 2 is 1.04 bits per heavy atom. The first kappa shape index (κ1) is 34.5. The van der Waals surface area contributed by atoms with Gasteiger partial charge in [-0.2, -0.15) is 0 Å². The van der Waals surface area contributed by atoms with Crippen LogP contribution in [-0.4, -0.2) is 86.3 Å². The number of benzene rings is 2. The standard InChI is InChI=1S/C36H48N4O6/c1-5-7-25-45-35(43)39-23-9-11-31(39)33(41)37(3)29-19-15-27(16-20-29)13-14-28-17-21-30(22-18-28)38(4)34(42)32-12-10-24-40(32)36(44)46-26-8-6-2/h13-22,31-32H,5-12,23-26H2,1-4H3/b14-13+/t31-,32-/m0/s1. The van der Waals surface area contributed by atoms with E-state index >= 15 is 0 Å². The van der Waals surface area contributed by atoms with Crippen LogP contribution >= 0.6 is 0 Å². The minimum absolute atomic E-state index is 0.121. The van der Waals surface area contributed by atoms with E-state index in [1.54, 1.807) is 33.7 Å². The SMILES string of the molecule is CCCCOC(=O)N1CCC[C@H]1C(=O)N(C)c1ccc(/C=C/c2ccc(N(C)C(=O)[C@@H]3CCCN3C(=O)OCCCC)cc2)cc1. The first-order valence-electron chi connectivity index (χ1n) is 16.5. The zero-order valence-electron chi connectivity index (χ0n) is 27.7. The minimum Gasteiger partial charge on any atom is -0.449 e. The Hall–Kier alpha value is -4.34. The summed E-state index contributed by atoms with van der Waals surface area (Å²) in [5, 5.41) is 0. The van der Waals surface area contributed by atoms with Crippen LogP contribution in [0.3, 0.4) is 0 Å². The lowest BCUT2D eigenvalue weighted by molar-refractivity contribution is -0.122. The van der Waals surface area contributed by atoms with Gasteiger partial charge < -0.3 is 19.3 Å². The smallest absolute Gasteiger partial charge is 0.410 e. The van der Waals surface area contributed by atoms with Crippen molar-refractivity contribution < 1.29 is 28.7 Å². The van der Waals surface area contributed by atoms with Gasteiger partial charge in [0.25, 0.3) is 0 Å². The van der Waals surface area contributed by atoms with E-state index in [1.807, 2.05) is 74.5 Å². The van der Waals surface area contributed by atoms with Gasteiger partial charge in [-0.3, -0.25) is 19.4 Å². The highest BCUT2D eigenvalue weighted by Gasteiger charge is 2.38. The van der Waals surface area contributed by atoms with Crippen LogP contribution in [0.4, 0.5) is 21.0 Å². The molecule has 10 heteroatoms. The summed E-state index contributed by atoms with van der Waals surface area (Å²) < 4.78 is 10.7. The van der Waals surface area contributed by atoms with Crippen molar-refractivity contribution in [1.29, 1.82) is 0 Å². The highest BCUT2D eigenvalue weighted by atomic mass is 16.6. The molecule has 0 aromatic heterocycles. The maximum Gasteiger partial charge on any atom is 0.410 e. The average molecular weight is 633 g/mol. The third-order valence-corrected chi connectivity index (χ3v) is 8.68. The van der Waals surface area contributed by atoms with Gasteiger partial charge in [-0.05, 0) is 73.9 Å². The van der Waals surface area contributed by atoms with E-state index < -0.39 is 24.3 Å². The molecule has 2 aliphatic heterocycles. The molecule has 0 bridgehead atoms. The van der Waals surface area contributed by atoms with Crippen molar-refractivity contribution in [2.45, 2.75) is 77.3 Å². The van der Waals surface area contributed by atoms with Gasteiger partial charge in [0, 0.05) is 38.6 Å². The number of likely N-dealkylation sites (N-methyl/N-ethyl adjacent to an activating group) is 2. The van der Waals surface area contributed by atoms with Crippen LogP contribution in [0.25, 0.3) is 12.2 Å². The van der Waals surface area contributed by atoms with E-state index in [2.05, 4.69) is 0 Å². The molecule has 0 unspecified atom stereocenters. The van der Waals surface area contributed by atoms with Crippen LogP contribution in [0.1, 0.15) is 76.3 Å². The molecule has 4 amide bonds. The summed E-state index contributed by atoms with van der Waals surface area (Å²) in [7, 11) is 3.47. The Kier molecular flexibility index (Phi) is 12.6. The van der Waals surface area contributed by atoms with Crippen LogP contribution in [0, 0.1) is 0 Å². The Bertz CT molecular complexity index is 1260. The largest absolute Gasteiger partial charge is 0.449 e. The first-order valence-corrected chi connectivity index (χ1v) is 16.5. The van der Waals surface area contributed by atoms with E-state index in [0.29, 0.717) is 39.1 Å². The lowest BCUT2D eigenvalue weighted by atomic mass is 10.1. The molecule has 2 saturated heterocycles. The number of carbonyl (C=O) groups excluding carboxylic acids is 4. The number of likely N-dealkylation sites (tertiary alicyclic amines) is 2. The van der Waals surface area contributed by atoms with Crippen LogP contribution in [0.2, 0.25) is 0 Å². The van der Waals surface area contributed by atoms with Gasteiger partial charge in [-0.25, -0.2) is 9.59 Å². The van der Waals surface area contributed by atoms with Crippen LogP contribution < -0.4 is 9.80 Å². The fourth-order valence-corrected chi connectivity index (χ4v) is 5.77. The molecule has 46 heavy (non-hydrogen) atoms. The Balaban J connectivity index is 1.31. The maximum absolute atomic E-state index is 13.3. The lowest BCUT2D eigenvalue weighted by Gasteiger charge is -2.27. The van der Waals surface area contributed by atoms with Gasteiger partial charge in [0.1, 0.15) is 12.1 Å². The van der Waals surface area contributed by atoms with Crippen LogP contribution in [-0.2, 0) is 19.1 Å². The highest BCUT2D eigenvalue weighted by molar-refractivity contribution is 5.99. The van der Waals surface area contributed by atoms with Crippen molar-refractivity contribution >= 4 is 47.5 Å². The van der Waals surface area contributed by atoms with Gasteiger partial charge >= 0.3 is 12.2 Å². The predicted molar refractivity (Wildman–Crippen MR) is 181 cm³/mol. The van der Waals surface area contributed by atoms with Gasteiger partial charge in [0.2, 0.25) is 11.8 Å². The Labute approximate surface area is 272 Å². The monoisotopic (exact) mass is 632 g/mol. The Morgan fingerprint density at radius 3 is 1.39 bits per heavy atom. The number of hydrogen-bond acceptors (Lipinski definition) is 6. The summed E-state index contributed by atoms with van der Waals surface area (Å²) in [6.45, 7) is 5.88. The molecule has 10 nitrogen and oxygen atoms in total. The van der Waals surface area contributed by atoms with Crippen molar-refractivity contribution in [1.82, 2.24) is 9.80 Å². The van der Waals surface area contributed by atoms with E-state index in [0.717, 1.165) is 61.0 Å². The number of amides is 4. The topological polar surface area (TPSA) is 99.7 Å². The molecule has 0 aliphatic carbocycles. The normalized spacial score (nSPS) is 17.7. The van der Waals surface area contributed by atoms with Crippen LogP contribution in [0.15, 0.2) is 48.5 Å². The van der Waals surface area contributed by atoms with Crippen LogP contribution in [0.5, 0.6) is 0 Å². The molecule has 2 atom stereocenters. The third-order valence-electron chi connectivity index (χ3n) is 8.68. The molecule has 0 spiro atoms. The second kappa shape index (κ2) is 16.8. The summed E-state index contributed by atoms with van der Waals surface area (Å²) in [5.74, 6) is -0.242. The second-order valence-corrected chi connectivity index (χ2v) is 11.9. The maximum atomic E-state index is 13.3.